The van der Waals surface area contributed by atoms with Crippen molar-refractivity contribution in [1.82, 2.24) is 9.78 Å². The number of rotatable bonds is 3. The van der Waals surface area contributed by atoms with Crippen LogP contribution in [0.1, 0.15) is 20.1 Å². The lowest BCUT2D eigenvalue weighted by atomic mass is 10.2. The van der Waals surface area contributed by atoms with Crippen LogP contribution >= 0.6 is 27.3 Å². The molecule has 0 amide bonds. The summed E-state index contributed by atoms with van der Waals surface area (Å²) in [6.45, 7) is 2.52. The highest BCUT2D eigenvalue weighted by atomic mass is 79.9. The number of nitrogens with zero attached hydrogens (tertiary/aromatic N) is 2. The van der Waals surface area contributed by atoms with Crippen molar-refractivity contribution in [2.75, 3.05) is 0 Å². The first-order valence-electron chi connectivity index (χ1n) is 4.57. The summed E-state index contributed by atoms with van der Waals surface area (Å²) in [5.74, 6) is -0.874. The van der Waals surface area contributed by atoms with E-state index in [1.165, 1.54) is 11.3 Å². The number of thiophene rings is 1. The van der Waals surface area contributed by atoms with E-state index in [2.05, 4.69) is 21.0 Å². The van der Waals surface area contributed by atoms with Gasteiger partial charge in [-0.15, -0.1) is 11.3 Å². The minimum absolute atomic E-state index is 0.374. The molecule has 2 rings (SSSR count). The average molecular weight is 301 g/mol. The number of carbonyl (C=O) groups is 1. The van der Waals surface area contributed by atoms with Crippen LogP contribution in [0.15, 0.2) is 22.9 Å². The maximum Gasteiger partial charge on any atom is 0.345 e. The molecule has 2 heterocycles. The van der Waals surface area contributed by atoms with Gasteiger partial charge in [0.25, 0.3) is 0 Å². The zero-order valence-corrected chi connectivity index (χ0v) is 10.9. The number of aryl methyl sites for hydroxylation is 1. The Labute approximate surface area is 105 Å². The van der Waals surface area contributed by atoms with Crippen molar-refractivity contribution in [3.05, 3.63) is 38.3 Å². The number of carboxylic acid groups (broad SMARTS) is 1. The molecule has 0 unspecified atom stereocenters. The average Bonchev–Trinajstić information content (AvgIpc) is 2.75. The van der Waals surface area contributed by atoms with Crippen molar-refractivity contribution < 1.29 is 9.90 Å². The van der Waals surface area contributed by atoms with E-state index in [4.69, 9.17) is 5.11 Å². The smallest absolute Gasteiger partial charge is 0.345 e. The number of halogens is 1. The number of aromatic nitrogens is 2. The lowest BCUT2D eigenvalue weighted by molar-refractivity contribution is 0.0702. The lowest BCUT2D eigenvalue weighted by Crippen LogP contribution is -1.99. The second kappa shape index (κ2) is 4.39. The number of carboxylic acids is 1. The highest BCUT2D eigenvalue weighted by molar-refractivity contribution is 9.10. The van der Waals surface area contributed by atoms with Crippen molar-refractivity contribution in [3.8, 4) is 0 Å². The summed E-state index contributed by atoms with van der Waals surface area (Å²) in [6.07, 6.45) is 3.57. The molecule has 1 N–H and O–H groups in total. The Hall–Kier alpha value is -1.14. The van der Waals surface area contributed by atoms with Gasteiger partial charge in [0.15, 0.2) is 0 Å². The molecule has 0 saturated heterocycles. The Morgan fingerprint density at radius 3 is 2.94 bits per heavy atom. The standard InChI is InChI=1S/C10H9BrN2O2S/c1-6-7(2-9(16-6)10(14)15)4-13-5-8(11)3-12-13/h2-3,5H,4H2,1H3,(H,14,15). The Morgan fingerprint density at radius 2 is 2.44 bits per heavy atom. The lowest BCUT2D eigenvalue weighted by Gasteiger charge is -1.99. The van der Waals surface area contributed by atoms with Crippen LogP contribution in [0.25, 0.3) is 0 Å². The summed E-state index contributed by atoms with van der Waals surface area (Å²) in [5, 5.41) is 13.0. The molecule has 2 aromatic rings. The van der Waals surface area contributed by atoms with Gasteiger partial charge >= 0.3 is 5.97 Å². The van der Waals surface area contributed by atoms with Crippen LogP contribution in [0.5, 0.6) is 0 Å². The minimum atomic E-state index is -0.874. The van der Waals surface area contributed by atoms with E-state index in [9.17, 15) is 4.79 Å². The van der Waals surface area contributed by atoms with Crippen molar-refractivity contribution in [2.45, 2.75) is 13.5 Å². The molecule has 0 fully saturated rings. The zero-order chi connectivity index (χ0) is 11.7. The van der Waals surface area contributed by atoms with E-state index in [-0.39, 0.29) is 0 Å². The van der Waals surface area contributed by atoms with Crippen molar-refractivity contribution in [3.63, 3.8) is 0 Å². The first kappa shape index (κ1) is 11.3. The normalized spacial score (nSPS) is 10.6. The molecule has 0 aromatic carbocycles. The molecule has 0 bridgehead atoms. The van der Waals surface area contributed by atoms with E-state index in [0.717, 1.165) is 14.9 Å². The quantitative estimate of drug-likeness (QED) is 0.948. The van der Waals surface area contributed by atoms with Crippen molar-refractivity contribution in [1.29, 1.82) is 0 Å². The molecule has 0 radical (unpaired) electrons. The molecule has 16 heavy (non-hydrogen) atoms. The van der Waals surface area contributed by atoms with E-state index in [0.29, 0.717) is 11.4 Å². The molecule has 0 aliphatic carbocycles. The fourth-order valence-electron chi connectivity index (χ4n) is 1.38. The van der Waals surface area contributed by atoms with E-state index < -0.39 is 5.97 Å². The molecule has 4 nitrogen and oxygen atoms in total. The summed E-state index contributed by atoms with van der Waals surface area (Å²) >= 11 is 4.61. The molecule has 84 valence electrons. The van der Waals surface area contributed by atoms with Gasteiger partial charge in [-0.1, -0.05) is 0 Å². The number of hydrogen-bond acceptors (Lipinski definition) is 3. The van der Waals surface area contributed by atoms with Crippen LogP contribution in [-0.2, 0) is 6.54 Å². The molecular weight excluding hydrogens is 292 g/mol. The van der Waals surface area contributed by atoms with Gasteiger partial charge in [-0.2, -0.15) is 5.10 Å². The highest BCUT2D eigenvalue weighted by Crippen LogP contribution is 2.22. The highest BCUT2D eigenvalue weighted by Gasteiger charge is 2.11. The molecule has 0 saturated carbocycles. The fourth-order valence-corrected chi connectivity index (χ4v) is 2.58. The Morgan fingerprint density at radius 1 is 1.69 bits per heavy atom. The van der Waals surface area contributed by atoms with Gasteiger partial charge in [0.1, 0.15) is 4.88 Å². The maximum atomic E-state index is 10.8. The van der Waals surface area contributed by atoms with Gasteiger partial charge in [-0.3, -0.25) is 4.68 Å². The Kier molecular flexibility index (Phi) is 3.11. The van der Waals surface area contributed by atoms with Gasteiger partial charge in [0.2, 0.25) is 0 Å². The predicted octanol–water partition coefficient (Wildman–Crippen LogP) is 2.76. The summed E-state index contributed by atoms with van der Waals surface area (Å²) in [7, 11) is 0. The molecular formula is C10H9BrN2O2S. The third-order valence-electron chi connectivity index (χ3n) is 2.17. The summed E-state index contributed by atoms with van der Waals surface area (Å²) in [6, 6.07) is 1.71. The largest absolute Gasteiger partial charge is 0.477 e. The first-order chi connectivity index (χ1) is 7.56. The second-order valence-electron chi connectivity index (χ2n) is 3.35. The van der Waals surface area contributed by atoms with Gasteiger partial charge in [0, 0.05) is 11.1 Å². The van der Waals surface area contributed by atoms with Crippen LogP contribution in [0, 0.1) is 6.92 Å². The van der Waals surface area contributed by atoms with Crippen LogP contribution in [0.4, 0.5) is 0 Å². The van der Waals surface area contributed by atoms with E-state index in [1.807, 2.05) is 13.1 Å². The Balaban J connectivity index is 2.24. The SMILES string of the molecule is Cc1sc(C(=O)O)cc1Cn1cc(Br)cn1. The third-order valence-corrected chi connectivity index (χ3v) is 3.66. The topological polar surface area (TPSA) is 55.1 Å². The second-order valence-corrected chi connectivity index (χ2v) is 5.53. The number of hydrogen-bond donors (Lipinski definition) is 1. The van der Waals surface area contributed by atoms with Gasteiger partial charge < -0.3 is 5.11 Å². The molecule has 0 spiro atoms. The van der Waals surface area contributed by atoms with E-state index >= 15 is 0 Å². The summed E-state index contributed by atoms with van der Waals surface area (Å²) in [4.78, 5) is 12.2. The van der Waals surface area contributed by atoms with Crippen LogP contribution in [0.3, 0.4) is 0 Å². The molecule has 6 heteroatoms. The molecule has 2 aromatic heterocycles. The van der Waals surface area contributed by atoms with Gasteiger partial charge in [-0.05, 0) is 34.5 Å². The third kappa shape index (κ3) is 2.33. The fraction of sp³-hybridized carbons (Fsp3) is 0.200. The number of aromatic carboxylic acids is 1. The van der Waals surface area contributed by atoms with Gasteiger partial charge in [-0.25, -0.2) is 4.79 Å². The zero-order valence-electron chi connectivity index (χ0n) is 8.48. The minimum Gasteiger partial charge on any atom is -0.477 e. The van der Waals surface area contributed by atoms with Crippen LogP contribution in [-0.4, -0.2) is 20.9 Å². The van der Waals surface area contributed by atoms with E-state index in [1.54, 1.807) is 16.9 Å². The molecule has 0 aliphatic heterocycles. The van der Waals surface area contributed by atoms with Crippen LogP contribution in [0.2, 0.25) is 0 Å². The maximum absolute atomic E-state index is 10.8. The first-order valence-corrected chi connectivity index (χ1v) is 6.18. The predicted molar refractivity (Wildman–Crippen MR) is 65.0 cm³/mol. The Bertz CT molecular complexity index is 533. The molecule has 0 atom stereocenters. The van der Waals surface area contributed by atoms with Crippen molar-refractivity contribution in [2.24, 2.45) is 0 Å². The van der Waals surface area contributed by atoms with Crippen LogP contribution < -0.4 is 0 Å². The molecule has 0 aliphatic rings. The monoisotopic (exact) mass is 300 g/mol. The van der Waals surface area contributed by atoms with Crippen molar-refractivity contribution >= 4 is 33.2 Å². The summed E-state index contributed by atoms with van der Waals surface area (Å²) < 4.78 is 2.68. The van der Waals surface area contributed by atoms with Gasteiger partial charge in [0.05, 0.1) is 17.2 Å². The summed E-state index contributed by atoms with van der Waals surface area (Å²) in [5.41, 5.74) is 0.998.